The fourth-order valence-corrected chi connectivity index (χ4v) is 2.25. The average molecular weight is 317 g/mol. The van der Waals surface area contributed by atoms with Gasteiger partial charge in [0.05, 0.1) is 29.7 Å². The molecule has 1 aromatic carbocycles. The van der Waals surface area contributed by atoms with E-state index in [9.17, 15) is 9.59 Å². The van der Waals surface area contributed by atoms with Crippen LogP contribution in [-0.4, -0.2) is 46.5 Å². The van der Waals surface area contributed by atoms with Crippen molar-refractivity contribution in [2.75, 3.05) is 13.7 Å². The molecular weight excluding hydrogens is 298 g/mol. The maximum Gasteiger partial charge on any atom is 0.328 e. The number of aromatic nitrogens is 2. The normalized spacial score (nSPS) is 12.0. The van der Waals surface area contributed by atoms with Crippen LogP contribution in [0, 0.1) is 13.8 Å². The van der Waals surface area contributed by atoms with Gasteiger partial charge in [-0.25, -0.2) is 9.48 Å². The largest absolute Gasteiger partial charge is 0.480 e. The number of nitrogens with one attached hydrogen (secondary N) is 1. The SMILES string of the molecule is COCC(NC(=O)c1cnn(-c2ccccc2C)c1C)C(=O)O. The molecule has 0 fully saturated rings. The molecule has 0 saturated heterocycles. The van der Waals surface area contributed by atoms with Gasteiger partial charge < -0.3 is 15.2 Å². The number of amides is 1. The number of rotatable bonds is 6. The Morgan fingerprint density at radius 3 is 2.65 bits per heavy atom. The van der Waals surface area contributed by atoms with E-state index in [1.807, 2.05) is 31.2 Å². The summed E-state index contributed by atoms with van der Waals surface area (Å²) in [5, 5.41) is 15.8. The van der Waals surface area contributed by atoms with Crippen LogP contribution in [0.3, 0.4) is 0 Å². The molecule has 0 aliphatic heterocycles. The minimum Gasteiger partial charge on any atom is -0.480 e. The van der Waals surface area contributed by atoms with Gasteiger partial charge in [0.1, 0.15) is 0 Å². The zero-order valence-corrected chi connectivity index (χ0v) is 13.2. The molecule has 1 heterocycles. The van der Waals surface area contributed by atoms with E-state index in [2.05, 4.69) is 10.4 Å². The van der Waals surface area contributed by atoms with Gasteiger partial charge in [0.15, 0.2) is 6.04 Å². The summed E-state index contributed by atoms with van der Waals surface area (Å²) < 4.78 is 6.47. The highest BCUT2D eigenvalue weighted by Crippen LogP contribution is 2.17. The van der Waals surface area contributed by atoms with Gasteiger partial charge in [-0.2, -0.15) is 5.10 Å². The number of hydrogen-bond acceptors (Lipinski definition) is 4. The second-order valence-electron chi connectivity index (χ2n) is 5.16. The van der Waals surface area contributed by atoms with Crippen molar-refractivity contribution >= 4 is 11.9 Å². The summed E-state index contributed by atoms with van der Waals surface area (Å²) >= 11 is 0. The topological polar surface area (TPSA) is 93.5 Å². The highest BCUT2D eigenvalue weighted by atomic mass is 16.5. The van der Waals surface area contributed by atoms with Crippen LogP contribution < -0.4 is 5.32 Å². The Bertz CT molecular complexity index is 724. The molecular formula is C16H19N3O4. The first-order chi connectivity index (χ1) is 11.0. The molecule has 0 bridgehead atoms. The molecule has 23 heavy (non-hydrogen) atoms. The lowest BCUT2D eigenvalue weighted by Crippen LogP contribution is -2.43. The van der Waals surface area contributed by atoms with Crippen molar-refractivity contribution in [3.05, 3.63) is 47.3 Å². The molecule has 7 heteroatoms. The number of benzene rings is 1. The van der Waals surface area contributed by atoms with Gasteiger partial charge in [-0.1, -0.05) is 18.2 Å². The van der Waals surface area contributed by atoms with Crippen molar-refractivity contribution in [2.45, 2.75) is 19.9 Å². The van der Waals surface area contributed by atoms with Crippen LogP contribution in [0.5, 0.6) is 0 Å². The number of aliphatic carboxylic acids is 1. The molecule has 1 aromatic heterocycles. The molecule has 2 aromatic rings. The molecule has 122 valence electrons. The van der Waals surface area contributed by atoms with Crippen molar-refractivity contribution in [3.63, 3.8) is 0 Å². The third-order valence-electron chi connectivity index (χ3n) is 3.53. The molecule has 1 amide bonds. The number of ether oxygens (including phenoxy) is 1. The minimum absolute atomic E-state index is 0.105. The summed E-state index contributed by atoms with van der Waals surface area (Å²) in [6, 6.07) is 6.57. The van der Waals surface area contributed by atoms with E-state index in [1.165, 1.54) is 13.3 Å². The van der Waals surface area contributed by atoms with Crippen LogP contribution in [0.15, 0.2) is 30.5 Å². The van der Waals surface area contributed by atoms with Crippen molar-refractivity contribution in [1.29, 1.82) is 0 Å². The number of carboxylic acid groups (broad SMARTS) is 1. The third-order valence-corrected chi connectivity index (χ3v) is 3.53. The molecule has 7 nitrogen and oxygen atoms in total. The first-order valence-electron chi connectivity index (χ1n) is 7.09. The molecule has 1 atom stereocenters. The molecule has 2 rings (SSSR count). The summed E-state index contributed by atoms with van der Waals surface area (Å²) in [4.78, 5) is 23.4. The predicted octanol–water partition coefficient (Wildman–Crippen LogP) is 1.32. The fourth-order valence-electron chi connectivity index (χ4n) is 2.25. The van der Waals surface area contributed by atoms with Gasteiger partial charge in [-0.05, 0) is 25.5 Å². The van der Waals surface area contributed by atoms with Crippen molar-refractivity contribution < 1.29 is 19.4 Å². The third kappa shape index (κ3) is 3.57. The number of para-hydroxylation sites is 1. The first-order valence-corrected chi connectivity index (χ1v) is 7.09. The van der Waals surface area contributed by atoms with E-state index >= 15 is 0 Å². The van der Waals surface area contributed by atoms with E-state index in [0.717, 1.165) is 11.3 Å². The van der Waals surface area contributed by atoms with Gasteiger partial charge in [0.25, 0.3) is 5.91 Å². The lowest BCUT2D eigenvalue weighted by Gasteiger charge is -2.13. The molecule has 1 unspecified atom stereocenters. The quantitative estimate of drug-likeness (QED) is 0.838. The molecule has 0 aliphatic rings. The summed E-state index contributed by atoms with van der Waals surface area (Å²) in [6.07, 6.45) is 1.43. The van der Waals surface area contributed by atoms with Crippen LogP contribution in [0.1, 0.15) is 21.6 Å². The molecule has 0 saturated carbocycles. The Morgan fingerprint density at radius 1 is 1.35 bits per heavy atom. The minimum atomic E-state index is -1.15. The monoisotopic (exact) mass is 317 g/mol. The van der Waals surface area contributed by atoms with Crippen LogP contribution >= 0.6 is 0 Å². The Balaban J connectivity index is 2.27. The summed E-state index contributed by atoms with van der Waals surface area (Å²) in [7, 11) is 1.38. The zero-order valence-electron chi connectivity index (χ0n) is 13.2. The zero-order chi connectivity index (χ0) is 17.0. The van der Waals surface area contributed by atoms with Gasteiger partial charge in [-0.3, -0.25) is 4.79 Å². The van der Waals surface area contributed by atoms with E-state index in [1.54, 1.807) is 11.6 Å². The number of hydrogen-bond donors (Lipinski definition) is 2. The first kappa shape index (κ1) is 16.7. The van der Waals surface area contributed by atoms with Gasteiger partial charge in [-0.15, -0.1) is 0 Å². The van der Waals surface area contributed by atoms with Gasteiger partial charge >= 0.3 is 5.97 Å². The summed E-state index contributed by atoms with van der Waals surface area (Å²) in [6.45, 7) is 3.61. The van der Waals surface area contributed by atoms with Crippen LogP contribution in [-0.2, 0) is 9.53 Å². The van der Waals surface area contributed by atoms with E-state index in [-0.39, 0.29) is 6.61 Å². The van der Waals surface area contributed by atoms with Crippen LogP contribution in [0.4, 0.5) is 0 Å². The predicted molar refractivity (Wildman–Crippen MR) is 83.8 cm³/mol. The Hall–Kier alpha value is -2.67. The Labute approximate surface area is 133 Å². The van der Waals surface area contributed by atoms with Gasteiger partial charge in [0, 0.05) is 7.11 Å². The van der Waals surface area contributed by atoms with E-state index in [4.69, 9.17) is 9.84 Å². The molecule has 0 spiro atoms. The van der Waals surface area contributed by atoms with Crippen molar-refractivity contribution in [2.24, 2.45) is 0 Å². The number of aryl methyl sites for hydroxylation is 1. The Morgan fingerprint density at radius 2 is 2.04 bits per heavy atom. The number of carbonyl (C=O) groups is 2. The van der Waals surface area contributed by atoms with Crippen molar-refractivity contribution in [1.82, 2.24) is 15.1 Å². The molecule has 0 radical (unpaired) electrons. The lowest BCUT2D eigenvalue weighted by molar-refractivity contribution is -0.140. The average Bonchev–Trinajstić information content (AvgIpc) is 2.89. The molecule has 0 aliphatic carbocycles. The lowest BCUT2D eigenvalue weighted by atomic mass is 10.2. The van der Waals surface area contributed by atoms with Crippen LogP contribution in [0.2, 0.25) is 0 Å². The maximum absolute atomic E-state index is 12.3. The number of nitrogens with zero attached hydrogens (tertiary/aromatic N) is 2. The summed E-state index contributed by atoms with van der Waals surface area (Å²) in [5.74, 6) is -1.64. The van der Waals surface area contributed by atoms with Crippen molar-refractivity contribution in [3.8, 4) is 5.69 Å². The van der Waals surface area contributed by atoms with E-state index < -0.39 is 17.9 Å². The second-order valence-corrected chi connectivity index (χ2v) is 5.16. The van der Waals surface area contributed by atoms with E-state index in [0.29, 0.717) is 11.3 Å². The van der Waals surface area contributed by atoms with Crippen LogP contribution in [0.25, 0.3) is 5.69 Å². The highest BCUT2D eigenvalue weighted by molar-refractivity contribution is 5.97. The second kappa shape index (κ2) is 7.06. The van der Waals surface area contributed by atoms with Gasteiger partial charge in [0.2, 0.25) is 0 Å². The highest BCUT2D eigenvalue weighted by Gasteiger charge is 2.23. The maximum atomic E-state index is 12.3. The summed E-state index contributed by atoms with van der Waals surface area (Å²) in [5.41, 5.74) is 2.86. The fraction of sp³-hybridized carbons (Fsp3) is 0.312. The molecule has 2 N–H and O–H groups in total. The standard InChI is InChI=1S/C16H19N3O4/c1-10-6-4-5-7-14(10)19-11(2)12(8-17-19)15(20)18-13(9-23-3)16(21)22/h4-8,13H,9H2,1-3H3,(H,18,20)(H,21,22). The smallest absolute Gasteiger partial charge is 0.328 e. The Kier molecular flexibility index (Phi) is 5.13. The number of methoxy groups -OCH3 is 1. The number of carboxylic acids is 1. The number of carbonyl (C=O) groups excluding carboxylic acids is 1.